The SMILES string of the molecule is COc1cccc([C@H]2C(C(=O)Nc3ccccc3)=C(C)N=c3s/c(=C\c4ccc(OCc5ccc(C#N)cc5)c(Br)c4)c(=O)n32)c1. The molecule has 5 aromatic rings. The Morgan fingerprint density at radius 2 is 1.85 bits per heavy atom. The molecule has 1 amide bonds. The Bertz CT molecular complexity index is 2200. The van der Waals surface area contributed by atoms with Crippen LogP contribution in [-0.2, 0) is 11.4 Å². The highest BCUT2D eigenvalue weighted by molar-refractivity contribution is 9.10. The number of halogens is 1. The largest absolute Gasteiger partial charge is 0.497 e. The summed E-state index contributed by atoms with van der Waals surface area (Å²) >= 11 is 4.86. The molecule has 10 heteroatoms. The number of amides is 1. The van der Waals surface area contributed by atoms with E-state index in [4.69, 9.17) is 19.7 Å². The van der Waals surface area contributed by atoms with Crippen LogP contribution in [0.3, 0.4) is 0 Å². The van der Waals surface area contributed by atoms with Crippen LogP contribution in [-0.4, -0.2) is 17.6 Å². The fraction of sp³-hybridized carbons (Fsp3) is 0.111. The highest BCUT2D eigenvalue weighted by atomic mass is 79.9. The van der Waals surface area contributed by atoms with Gasteiger partial charge < -0.3 is 14.8 Å². The van der Waals surface area contributed by atoms with Crippen molar-refractivity contribution >= 4 is 44.9 Å². The molecule has 228 valence electrons. The molecular weight excluding hydrogens is 664 g/mol. The molecule has 0 aliphatic carbocycles. The summed E-state index contributed by atoms with van der Waals surface area (Å²) < 4.78 is 14.3. The van der Waals surface area contributed by atoms with Crippen LogP contribution in [0.5, 0.6) is 11.5 Å². The average Bonchev–Trinajstić information content (AvgIpc) is 3.37. The van der Waals surface area contributed by atoms with Gasteiger partial charge in [-0.25, -0.2) is 4.99 Å². The summed E-state index contributed by atoms with van der Waals surface area (Å²) in [6.45, 7) is 2.13. The molecule has 0 unspecified atom stereocenters. The first-order valence-electron chi connectivity index (χ1n) is 14.3. The maximum Gasteiger partial charge on any atom is 0.271 e. The molecule has 1 atom stereocenters. The molecule has 0 spiro atoms. The third kappa shape index (κ3) is 6.42. The molecular formula is C36H27BrN4O4S. The predicted octanol–water partition coefficient (Wildman–Crippen LogP) is 6.10. The van der Waals surface area contributed by atoms with Crippen LogP contribution in [0.15, 0.2) is 123 Å². The van der Waals surface area contributed by atoms with Gasteiger partial charge in [-0.1, -0.05) is 59.9 Å². The van der Waals surface area contributed by atoms with Gasteiger partial charge in [0.15, 0.2) is 4.80 Å². The number of ether oxygens (including phenoxy) is 2. The van der Waals surface area contributed by atoms with Gasteiger partial charge in [-0.15, -0.1) is 0 Å². The Hall–Kier alpha value is -5.24. The predicted molar refractivity (Wildman–Crippen MR) is 181 cm³/mol. The smallest absolute Gasteiger partial charge is 0.271 e. The molecule has 0 bridgehead atoms. The van der Waals surface area contributed by atoms with Gasteiger partial charge in [0, 0.05) is 5.69 Å². The van der Waals surface area contributed by atoms with Gasteiger partial charge in [-0.2, -0.15) is 5.26 Å². The van der Waals surface area contributed by atoms with Gasteiger partial charge >= 0.3 is 0 Å². The lowest BCUT2D eigenvalue weighted by Gasteiger charge is -2.25. The molecule has 4 aromatic carbocycles. The number of rotatable bonds is 8. The third-order valence-corrected chi connectivity index (χ3v) is 9.04. The Balaban J connectivity index is 1.36. The first-order valence-corrected chi connectivity index (χ1v) is 15.9. The third-order valence-electron chi connectivity index (χ3n) is 7.44. The number of aromatic nitrogens is 1. The summed E-state index contributed by atoms with van der Waals surface area (Å²) in [7, 11) is 1.58. The molecule has 1 aliphatic heterocycles. The van der Waals surface area contributed by atoms with Crippen molar-refractivity contribution in [3.63, 3.8) is 0 Å². The average molecular weight is 692 g/mol. The van der Waals surface area contributed by atoms with Crippen LogP contribution in [0.25, 0.3) is 6.08 Å². The topological polar surface area (TPSA) is 106 Å². The molecule has 0 fully saturated rings. The summed E-state index contributed by atoms with van der Waals surface area (Å²) in [5.74, 6) is 0.921. The molecule has 0 radical (unpaired) electrons. The summed E-state index contributed by atoms with van der Waals surface area (Å²) in [6.07, 6.45) is 1.81. The number of methoxy groups -OCH3 is 1. The Kier molecular flexibility index (Phi) is 8.97. The molecule has 1 aromatic heterocycles. The summed E-state index contributed by atoms with van der Waals surface area (Å²) in [6, 6.07) is 30.8. The molecule has 2 heterocycles. The van der Waals surface area contributed by atoms with Crippen LogP contribution in [0, 0.1) is 11.3 Å². The Labute approximate surface area is 277 Å². The van der Waals surface area contributed by atoms with E-state index >= 15 is 0 Å². The fourth-order valence-corrected chi connectivity index (χ4v) is 6.73. The zero-order chi connectivity index (χ0) is 32.2. The zero-order valence-corrected chi connectivity index (χ0v) is 27.3. The number of para-hydroxylation sites is 1. The zero-order valence-electron chi connectivity index (χ0n) is 24.9. The van der Waals surface area contributed by atoms with E-state index in [-0.39, 0.29) is 11.5 Å². The maximum atomic E-state index is 14.1. The van der Waals surface area contributed by atoms with E-state index in [1.54, 1.807) is 30.7 Å². The van der Waals surface area contributed by atoms with Gasteiger partial charge in [-0.3, -0.25) is 14.2 Å². The molecule has 6 rings (SSSR count). The first-order chi connectivity index (χ1) is 22.3. The van der Waals surface area contributed by atoms with Gasteiger partial charge in [-0.05, 0) is 94.2 Å². The van der Waals surface area contributed by atoms with E-state index in [9.17, 15) is 9.59 Å². The lowest BCUT2D eigenvalue weighted by molar-refractivity contribution is -0.113. The number of anilines is 1. The minimum Gasteiger partial charge on any atom is -0.497 e. The number of thiazole rings is 1. The molecule has 0 saturated heterocycles. The second-order valence-electron chi connectivity index (χ2n) is 10.5. The minimum atomic E-state index is -0.720. The van der Waals surface area contributed by atoms with Crippen LogP contribution >= 0.6 is 27.3 Å². The second-order valence-corrected chi connectivity index (χ2v) is 12.3. The number of fused-ring (bicyclic) bond motifs is 1. The molecule has 46 heavy (non-hydrogen) atoms. The Morgan fingerprint density at radius 3 is 2.57 bits per heavy atom. The van der Waals surface area contributed by atoms with Crippen molar-refractivity contribution in [3.8, 4) is 17.6 Å². The van der Waals surface area contributed by atoms with Gasteiger partial charge in [0.25, 0.3) is 11.5 Å². The van der Waals surface area contributed by atoms with E-state index in [0.29, 0.717) is 50.0 Å². The van der Waals surface area contributed by atoms with Crippen LogP contribution in [0.1, 0.15) is 35.2 Å². The van der Waals surface area contributed by atoms with Gasteiger partial charge in [0.1, 0.15) is 18.1 Å². The number of nitriles is 1. The molecule has 1 N–H and O–H groups in total. The second kappa shape index (κ2) is 13.4. The van der Waals surface area contributed by atoms with Crippen molar-refractivity contribution in [3.05, 3.63) is 155 Å². The first kappa shape index (κ1) is 30.8. The number of allylic oxidation sites excluding steroid dienone is 1. The number of benzene rings is 4. The highest BCUT2D eigenvalue weighted by Crippen LogP contribution is 2.32. The molecule has 1 aliphatic rings. The fourth-order valence-electron chi connectivity index (χ4n) is 5.17. The van der Waals surface area contributed by atoms with Gasteiger partial charge in [0.2, 0.25) is 0 Å². The van der Waals surface area contributed by atoms with Crippen molar-refractivity contribution in [1.29, 1.82) is 5.26 Å². The minimum absolute atomic E-state index is 0.258. The maximum absolute atomic E-state index is 14.1. The van der Waals surface area contributed by atoms with E-state index < -0.39 is 6.04 Å². The monoisotopic (exact) mass is 690 g/mol. The van der Waals surface area contributed by atoms with Crippen molar-refractivity contribution in [2.24, 2.45) is 4.99 Å². The van der Waals surface area contributed by atoms with Crippen molar-refractivity contribution in [2.45, 2.75) is 19.6 Å². The van der Waals surface area contributed by atoms with Crippen molar-refractivity contribution in [2.75, 3.05) is 12.4 Å². The number of nitrogens with zero attached hydrogens (tertiary/aromatic N) is 3. The normalized spacial score (nSPS) is 14.2. The van der Waals surface area contributed by atoms with Crippen molar-refractivity contribution < 1.29 is 14.3 Å². The van der Waals surface area contributed by atoms with Gasteiger partial charge in [0.05, 0.1) is 45.1 Å². The summed E-state index contributed by atoms with van der Waals surface area (Å²) in [4.78, 5) is 33.1. The Morgan fingerprint density at radius 1 is 1.07 bits per heavy atom. The summed E-state index contributed by atoms with van der Waals surface area (Å²) in [5, 5.41) is 12.0. The molecule has 0 saturated carbocycles. The molecule has 8 nitrogen and oxygen atoms in total. The van der Waals surface area contributed by atoms with E-state index in [2.05, 4.69) is 27.3 Å². The van der Waals surface area contributed by atoms with Crippen LogP contribution in [0.2, 0.25) is 0 Å². The number of carbonyl (C=O) groups is 1. The van der Waals surface area contributed by atoms with Crippen LogP contribution in [0.4, 0.5) is 5.69 Å². The van der Waals surface area contributed by atoms with Crippen LogP contribution < -0.4 is 29.7 Å². The number of hydrogen-bond acceptors (Lipinski definition) is 7. The standard InChI is InChI=1S/C36H27BrN4O4S/c1-22-32(34(42)40-27-8-4-3-5-9-27)33(26-7-6-10-28(19-26)44-2)41-35(43)31(46-36(41)39-22)18-25-15-16-30(29(37)17-25)45-21-24-13-11-23(20-38)12-14-24/h3-19,33H,21H2,1-2H3,(H,40,42)/b31-18-/t33-/m0/s1. The van der Waals surface area contributed by atoms with E-state index in [1.807, 2.05) is 91.0 Å². The van der Waals surface area contributed by atoms with E-state index in [0.717, 1.165) is 21.2 Å². The quantitative estimate of drug-likeness (QED) is 0.212. The van der Waals surface area contributed by atoms with Crippen molar-refractivity contribution in [1.82, 2.24) is 4.57 Å². The number of hydrogen-bond donors (Lipinski definition) is 1. The highest BCUT2D eigenvalue weighted by Gasteiger charge is 2.32. The lowest BCUT2D eigenvalue weighted by atomic mass is 9.95. The van der Waals surface area contributed by atoms with E-state index in [1.165, 1.54) is 11.3 Å². The number of nitrogens with one attached hydrogen (secondary N) is 1. The lowest BCUT2D eigenvalue weighted by Crippen LogP contribution is -2.40. The number of carbonyl (C=O) groups excluding carboxylic acids is 1. The summed E-state index contributed by atoms with van der Waals surface area (Å²) in [5.41, 5.74) is 4.34.